The van der Waals surface area contributed by atoms with Crippen LogP contribution in [0.1, 0.15) is 70.3 Å². The molecule has 0 aromatic heterocycles. The van der Waals surface area contributed by atoms with E-state index in [0.717, 1.165) is 54.1 Å². The van der Waals surface area contributed by atoms with Crippen LogP contribution in [0.2, 0.25) is 0 Å². The van der Waals surface area contributed by atoms with Gasteiger partial charge in [0.25, 0.3) is 0 Å². The summed E-state index contributed by atoms with van der Waals surface area (Å²) in [6, 6.07) is 27.3. The van der Waals surface area contributed by atoms with Crippen molar-refractivity contribution < 1.29 is 41.4 Å². The fourth-order valence-corrected chi connectivity index (χ4v) is 6.02. The molecule has 5 nitrogen and oxygen atoms in total. The minimum Gasteiger partial charge on any atom is -0.399 e. The minimum absolute atomic E-state index is 0.0117. The van der Waals surface area contributed by atoms with Gasteiger partial charge in [0.2, 0.25) is 0 Å². The third-order valence-electron chi connectivity index (χ3n) is 8.42. The zero-order valence-corrected chi connectivity index (χ0v) is 26.4. The third-order valence-corrected chi connectivity index (χ3v) is 8.42. The molecule has 4 atom stereocenters. The molecule has 0 amide bonds. The standard InChI is InChI=1S/C19H18F3NO.C7H6F3N.C7H6O.C5H8O/c20-19(21,22)12-6-7-17-15(8-12)14-9-13(24)10-16(14)18(23-17)11-4-2-1-3-5-11;8-7(9,10)5-1-3-6(11)4-2-5;8-6-7-4-2-1-3-5-7;6-5-3-1-2-4-5/h1-8,13-14,16,18,23-24H,9-10H2;1-4H,11H2;1-6H;1-2,5-6H,3-4H2/t13-,14-,16-,18+;;;/m1.../s1. The van der Waals surface area contributed by atoms with Gasteiger partial charge in [-0.15, -0.1) is 0 Å². The highest BCUT2D eigenvalue weighted by Crippen LogP contribution is 2.53. The van der Waals surface area contributed by atoms with E-state index in [4.69, 9.17) is 10.8 Å². The van der Waals surface area contributed by atoms with E-state index in [1.807, 2.05) is 60.7 Å². The highest BCUT2D eigenvalue weighted by atomic mass is 19.4. The van der Waals surface area contributed by atoms with Crippen molar-refractivity contribution >= 4 is 17.7 Å². The summed E-state index contributed by atoms with van der Waals surface area (Å²) in [6.45, 7) is 0. The Morgan fingerprint density at radius 3 is 1.73 bits per heavy atom. The van der Waals surface area contributed by atoms with Crippen LogP contribution in [0, 0.1) is 5.92 Å². The molecule has 260 valence electrons. The molecule has 7 rings (SSSR count). The first-order valence-corrected chi connectivity index (χ1v) is 15.7. The van der Waals surface area contributed by atoms with Gasteiger partial charge >= 0.3 is 12.4 Å². The molecule has 1 saturated carbocycles. The number of aliphatic hydroxyl groups excluding tert-OH is 2. The third kappa shape index (κ3) is 10.7. The van der Waals surface area contributed by atoms with Crippen LogP contribution in [-0.2, 0) is 12.4 Å². The van der Waals surface area contributed by atoms with E-state index in [2.05, 4.69) is 5.32 Å². The lowest BCUT2D eigenvalue weighted by Crippen LogP contribution is -2.29. The smallest absolute Gasteiger partial charge is 0.399 e. The molecule has 0 spiro atoms. The van der Waals surface area contributed by atoms with Crippen LogP contribution in [-0.4, -0.2) is 28.7 Å². The Kier molecular flexibility index (Phi) is 12.7. The molecule has 0 bridgehead atoms. The molecule has 0 saturated heterocycles. The Hall–Kier alpha value is -4.61. The molecular formula is C38H38F6N2O3. The Morgan fingerprint density at radius 1 is 0.694 bits per heavy atom. The van der Waals surface area contributed by atoms with Crippen LogP contribution >= 0.6 is 0 Å². The molecule has 2 aliphatic carbocycles. The van der Waals surface area contributed by atoms with Crippen molar-refractivity contribution in [3.63, 3.8) is 0 Å². The first kappa shape index (κ1) is 37.2. The summed E-state index contributed by atoms with van der Waals surface area (Å²) in [6.07, 6.45) is -1.46. The molecule has 49 heavy (non-hydrogen) atoms. The first-order chi connectivity index (χ1) is 23.3. The zero-order valence-electron chi connectivity index (χ0n) is 26.4. The van der Waals surface area contributed by atoms with Gasteiger partial charge in [0.05, 0.1) is 29.4 Å². The van der Waals surface area contributed by atoms with E-state index in [9.17, 15) is 36.2 Å². The van der Waals surface area contributed by atoms with Gasteiger partial charge in [-0.2, -0.15) is 26.3 Å². The number of nitrogens with two attached hydrogens (primary N) is 1. The summed E-state index contributed by atoms with van der Waals surface area (Å²) in [4.78, 5) is 10.0. The van der Waals surface area contributed by atoms with Gasteiger partial charge in [-0.3, -0.25) is 4.79 Å². The minimum atomic E-state index is -4.35. The van der Waals surface area contributed by atoms with E-state index >= 15 is 0 Å². The lowest BCUT2D eigenvalue weighted by molar-refractivity contribution is -0.138. The monoisotopic (exact) mass is 684 g/mol. The second-order valence-corrected chi connectivity index (χ2v) is 12.0. The fraction of sp³-hybridized carbons (Fsp3) is 0.289. The van der Waals surface area contributed by atoms with Crippen molar-refractivity contribution in [2.75, 3.05) is 11.1 Å². The van der Waals surface area contributed by atoms with Crippen LogP contribution in [0.3, 0.4) is 0 Å². The first-order valence-electron chi connectivity index (χ1n) is 15.7. The van der Waals surface area contributed by atoms with E-state index < -0.39 is 29.6 Å². The number of rotatable bonds is 2. The highest BCUT2D eigenvalue weighted by molar-refractivity contribution is 5.74. The number of anilines is 2. The number of nitrogens with one attached hydrogen (secondary N) is 1. The van der Waals surface area contributed by atoms with E-state index in [1.54, 1.807) is 12.1 Å². The molecule has 1 fully saturated rings. The molecular weight excluding hydrogens is 646 g/mol. The Morgan fingerprint density at radius 2 is 1.24 bits per heavy atom. The molecule has 3 aliphatic rings. The highest BCUT2D eigenvalue weighted by Gasteiger charge is 2.44. The van der Waals surface area contributed by atoms with E-state index in [-0.39, 0.29) is 24.0 Å². The second kappa shape index (κ2) is 16.7. The number of halogens is 6. The van der Waals surface area contributed by atoms with Crippen LogP contribution in [0.15, 0.2) is 115 Å². The molecule has 5 N–H and O–H groups in total. The van der Waals surface area contributed by atoms with Crippen molar-refractivity contribution in [3.05, 3.63) is 143 Å². The van der Waals surface area contributed by atoms with Crippen LogP contribution < -0.4 is 11.1 Å². The summed E-state index contributed by atoms with van der Waals surface area (Å²) < 4.78 is 74.8. The maximum Gasteiger partial charge on any atom is 0.416 e. The Balaban J connectivity index is 0.000000177. The normalized spacial score (nSPS) is 20.9. The zero-order chi connectivity index (χ0) is 35.6. The van der Waals surface area contributed by atoms with Crippen molar-refractivity contribution in [1.82, 2.24) is 0 Å². The van der Waals surface area contributed by atoms with Crippen molar-refractivity contribution in [1.29, 1.82) is 0 Å². The lowest BCUT2D eigenvalue weighted by Gasteiger charge is -2.37. The number of carbonyl (C=O) groups excluding carboxylic acids is 1. The van der Waals surface area contributed by atoms with Gasteiger partial charge in [-0.05, 0) is 91.1 Å². The number of carbonyl (C=O) groups is 1. The number of alkyl halides is 6. The Bertz CT molecular complexity index is 1640. The molecule has 0 radical (unpaired) electrons. The number of hydrogen-bond acceptors (Lipinski definition) is 5. The van der Waals surface area contributed by atoms with Gasteiger partial charge in [0.1, 0.15) is 6.29 Å². The lowest BCUT2D eigenvalue weighted by atomic mass is 9.77. The summed E-state index contributed by atoms with van der Waals surface area (Å²) in [7, 11) is 0. The fourth-order valence-electron chi connectivity index (χ4n) is 6.02. The molecule has 0 unspecified atom stereocenters. The number of fused-ring (bicyclic) bond motifs is 3. The van der Waals surface area contributed by atoms with E-state index in [0.29, 0.717) is 24.1 Å². The van der Waals surface area contributed by atoms with Crippen LogP contribution in [0.4, 0.5) is 37.7 Å². The van der Waals surface area contributed by atoms with Crippen molar-refractivity contribution in [2.24, 2.45) is 5.92 Å². The van der Waals surface area contributed by atoms with Crippen LogP contribution in [0.25, 0.3) is 0 Å². The average Bonchev–Trinajstić information content (AvgIpc) is 3.73. The molecule has 4 aromatic carbocycles. The van der Waals surface area contributed by atoms with Gasteiger partial charge in [0.15, 0.2) is 0 Å². The van der Waals surface area contributed by atoms with Gasteiger partial charge in [-0.25, -0.2) is 0 Å². The predicted octanol–water partition coefficient (Wildman–Crippen LogP) is 9.21. The molecule has 11 heteroatoms. The van der Waals surface area contributed by atoms with Gasteiger partial charge in [0, 0.05) is 16.9 Å². The summed E-state index contributed by atoms with van der Waals surface area (Å²) in [5.74, 6) is 0.0436. The predicted molar refractivity (Wildman–Crippen MR) is 178 cm³/mol. The maximum absolute atomic E-state index is 13.1. The SMILES string of the molecule is Nc1ccc(C(F)(F)F)cc1.O=Cc1ccccc1.OC1CC=CC1.O[C@H]1C[C@@H]2[C@H](C1)c1cc(C(F)(F)F)ccc1N[C@H]2c1ccccc1. The second-order valence-electron chi connectivity index (χ2n) is 12.0. The van der Waals surface area contributed by atoms with Crippen molar-refractivity contribution in [3.8, 4) is 0 Å². The summed E-state index contributed by atoms with van der Waals surface area (Å²) in [5, 5.41) is 22.2. The number of aldehydes is 1. The molecule has 1 aliphatic heterocycles. The molecule has 4 aromatic rings. The number of nitrogen functional groups attached to an aromatic ring is 1. The quantitative estimate of drug-likeness (QED) is 0.0731. The van der Waals surface area contributed by atoms with E-state index in [1.165, 1.54) is 24.3 Å². The topological polar surface area (TPSA) is 95.6 Å². The van der Waals surface area contributed by atoms with Gasteiger partial charge < -0.3 is 21.3 Å². The summed E-state index contributed by atoms with van der Waals surface area (Å²) in [5.41, 5.74) is 7.49. The number of benzene rings is 4. The van der Waals surface area contributed by atoms with Crippen molar-refractivity contribution in [2.45, 2.75) is 62.2 Å². The number of aliphatic hydroxyl groups is 2. The maximum atomic E-state index is 13.1. The molecule has 1 heterocycles. The number of hydrogen-bond donors (Lipinski definition) is 4. The van der Waals surface area contributed by atoms with Crippen LogP contribution in [0.5, 0.6) is 0 Å². The summed E-state index contributed by atoms with van der Waals surface area (Å²) >= 11 is 0. The average molecular weight is 685 g/mol. The van der Waals surface area contributed by atoms with Gasteiger partial charge in [-0.1, -0.05) is 72.8 Å². The largest absolute Gasteiger partial charge is 0.416 e. The Labute approximate surface area is 281 Å².